The van der Waals surface area contributed by atoms with Crippen LogP contribution in [0.3, 0.4) is 0 Å². The van der Waals surface area contributed by atoms with Crippen LogP contribution in [0.5, 0.6) is 0 Å². The lowest BCUT2D eigenvalue weighted by Crippen LogP contribution is -2.20. The summed E-state index contributed by atoms with van der Waals surface area (Å²) in [4.78, 5) is 26.9. The smallest absolute Gasteiger partial charge is 0.276 e. The molecule has 1 amide bonds. The van der Waals surface area contributed by atoms with Gasteiger partial charge in [0.05, 0.1) is 10.5 Å². The van der Waals surface area contributed by atoms with Crippen molar-refractivity contribution in [3.8, 4) is 0 Å². The van der Waals surface area contributed by atoms with Gasteiger partial charge < -0.3 is 10.3 Å². The van der Waals surface area contributed by atoms with E-state index in [2.05, 4.69) is 31.3 Å². The van der Waals surface area contributed by atoms with E-state index in [4.69, 9.17) is 0 Å². The predicted octanol–water partition coefficient (Wildman–Crippen LogP) is 3.09. The van der Waals surface area contributed by atoms with Gasteiger partial charge in [0.2, 0.25) is 5.43 Å². The summed E-state index contributed by atoms with van der Waals surface area (Å²) in [7, 11) is 0. The molecule has 2 heterocycles. The van der Waals surface area contributed by atoms with Crippen LogP contribution in [-0.4, -0.2) is 20.7 Å². The average Bonchev–Trinajstić information content (AvgIpc) is 3.03. The predicted molar refractivity (Wildman–Crippen MR) is 87.1 cm³/mol. The maximum absolute atomic E-state index is 12.2. The monoisotopic (exact) mass is 364 g/mol. The molecule has 3 rings (SSSR count). The van der Waals surface area contributed by atoms with Crippen molar-refractivity contribution >= 4 is 27.5 Å². The molecule has 1 fully saturated rings. The van der Waals surface area contributed by atoms with Crippen LogP contribution in [0.2, 0.25) is 0 Å². The van der Waals surface area contributed by atoms with Gasteiger partial charge in [0.15, 0.2) is 5.69 Å². The number of halogens is 1. The van der Waals surface area contributed by atoms with E-state index in [1.807, 2.05) is 10.9 Å². The van der Waals surface area contributed by atoms with Crippen LogP contribution in [-0.2, 0) is 0 Å². The first-order valence-electron chi connectivity index (χ1n) is 7.38. The zero-order valence-corrected chi connectivity index (χ0v) is 13.6. The molecule has 7 heteroatoms. The number of carbonyl (C=O) groups excluding carboxylic acids is 1. The molecule has 0 aromatic carbocycles. The van der Waals surface area contributed by atoms with E-state index in [0.29, 0.717) is 16.2 Å². The quantitative estimate of drug-likeness (QED) is 0.877. The molecule has 0 radical (unpaired) electrons. The van der Waals surface area contributed by atoms with Crippen LogP contribution in [0.25, 0.3) is 0 Å². The molecule has 0 bridgehead atoms. The fourth-order valence-corrected chi connectivity index (χ4v) is 3.09. The number of carbonyl (C=O) groups is 1. The minimum Gasteiger partial charge on any atom is -0.365 e. The number of aromatic nitrogens is 3. The van der Waals surface area contributed by atoms with Crippen LogP contribution >= 0.6 is 15.9 Å². The second-order valence-electron chi connectivity index (χ2n) is 5.47. The third-order valence-corrected chi connectivity index (χ3v) is 4.53. The summed E-state index contributed by atoms with van der Waals surface area (Å²) in [6.07, 6.45) is 10.7. The lowest BCUT2D eigenvalue weighted by atomic mass is 9.96. The third-order valence-electron chi connectivity index (χ3n) is 3.94. The first-order valence-corrected chi connectivity index (χ1v) is 8.17. The molecule has 2 aromatic heterocycles. The van der Waals surface area contributed by atoms with E-state index < -0.39 is 0 Å². The summed E-state index contributed by atoms with van der Waals surface area (Å²) in [5.41, 5.74) is 0.260. The van der Waals surface area contributed by atoms with Crippen molar-refractivity contribution < 1.29 is 4.79 Å². The number of hydrogen-bond acceptors (Lipinski definition) is 3. The molecule has 0 saturated heterocycles. The van der Waals surface area contributed by atoms with Gasteiger partial charge in [0.1, 0.15) is 5.69 Å². The maximum Gasteiger partial charge on any atom is 0.276 e. The fourth-order valence-electron chi connectivity index (χ4n) is 2.75. The van der Waals surface area contributed by atoms with Crippen molar-refractivity contribution in [2.24, 2.45) is 0 Å². The van der Waals surface area contributed by atoms with Crippen molar-refractivity contribution in [3.63, 3.8) is 0 Å². The number of nitrogens with one attached hydrogen (secondary N) is 2. The zero-order valence-electron chi connectivity index (χ0n) is 12.0. The Balaban J connectivity index is 1.74. The molecule has 6 nitrogen and oxygen atoms in total. The van der Waals surface area contributed by atoms with Gasteiger partial charge in [0.25, 0.3) is 5.91 Å². The van der Waals surface area contributed by atoms with Crippen molar-refractivity contribution in [1.29, 1.82) is 0 Å². The molecule has 0 atom stereocenters. The number of anilines is 1. The number of amides is 1. The SMILES string of the molecule is O=C(Nc1c[nH]cc(Br)c1=O)c1ccn(C2CCCCC2)n1. The van der Waals surface area contributed by atoms with E-state index in [1.165, 1.54) is 31.7 Å². The van der Waals surface area contributed by atoms with E-state index in [1.54, 1.807) is 6.07 Å². The molecule has 1 aliphatic carbocycles. The van der Waals surface area contributed by atoms with Crippen LogP contribution in [0.4, 0.5) is 5.69 Å². The highest BCUT2D eigenvalue weighted by Crippen LogP contribution is 2.27. The molecule has 2 N–H and O–H groups in total. The second-order valence-corrected chi connectivity index (χ2v) is 6.33. The first-order chi connectivity index (χ1) is 10.6. The average molecular weight is 365 g/mol. The largest absolute Gasteiger partial charge is 0.365 e. The lowest BCUT2D eigenvalue weighted by Gasteiger charge is -2.21. The Labute approximate surface area is 136 Å². The topological polar surface area (TPSA) is 79.8 Å². The van der Waals surface area contributed by atoms with Crippen LogP contribution in [0.1, 0.15) is 48.6 Å². The number of H-pyrrole nitrogens is 1. The van der Waals surface area contributed by atoms with Gasteiger partial charge in [0, 0.05) is 18.6 Å². The molecular weight excluding hydrogens is 348 g/mol. The van der Waals surface area contributed by atoms with Crippen LogP contribution in [0, 0.1) is 0 Å². The second kappa shape index (κ2) is 6.48. The molecule has 1 saturated carbocycles. The Kier molecular flexibility index (Phi) is 4.42. The highest BCUT2D eigenvalue weighted by Gasteiger charge is 2.18. The standard InChI is InChI=1S/C15H17BrN4O2/c16-11-8-17-9-13(14(11)21)18-15(22)12-6-7-20(19-12)10-4-2-1-3-5-10/h6-10H,1-5H2,(H,17,21)(H,18,22). The van der Waals surface area contributed by atoms with E-state index in [9.17, 15) is 9.59 Å². The van der Waals surface area contributed by atoms with Gasteiger partial charge in [-0.1, -0.05) is 19.3 Å². The van der Waals surface area contributed by atoms with Crippen molar-refractivity contribution in [1.82, 2.24) is 14.8 Å². The number of aromatic amines is 1. The number of rotatable bonds is 3. The molecule has 0 unspecified atom stereocenters. The Morgan fingerprint density at radius 3 is 2.86 bits per heavy atom. The molecule has 1 aliphatic rings. The summed E-state index contributed by atoms with van der Waals surface area (Å²) in [6, 6.07) is 2.07. The highest BCUT2D eigenvalue weighted by molar-refractivity contribution is 9.10. The number of nitrogens with zero attached hydrogens (tertiary/aromatic N) is 2. The fraction of sp³-hybridized carbons (Fsp3) is 0.400. The minimum atomic E-state index is -0.377. The summed E-state index contributed by atoms with van der Waals surface area (Å²) >= 11 is 3.13. The van der Waals surface area contributed by atoms with E-state index in [-0.39, 0.29) is 17.0 Å². The summed E-state index contributed by atoms with van der Waals surface area (Å²) in [5.74, 6) is -0.377. The summed E-state index contributed by atoms with van der Waals surface area (Å²) < 4.78 is 2.25. The third kappa shape index (κ3) is 3.14. The maximum atomic E-state index is 12.2. The van der Waals surface area contributed by atoms with Crippen LogP contribution in [0.15, 0.2) is 33.9 Å². The van der Waals surface area contributed by atoms with Gasteiger partial charge >= 0.3 is 0 Å². The van der Waals surface area contributed by atoms with Crippen LogP contribution < -0.4 is 10.7 Å². The van der Waals surface area contributed by atoms with Gasteiger partial charge in [-0.05, 0) is 34.8 Å². The Bertz CT molecular complexity index is 731. The Morgan fingerprint density at radius 2 is 2.09 bits per heavy atom. The Morgan fingerprint density at radius 1 is 1.32 bits per heavy atom. The lowest BCUT2D eigenvalue weighted by molar-refractivity contribution is 0.102. The minimum absolute atomic E-state index is 0.201. The number of pyridine rings is 1. The zero-order chi connectivity index (χ0) is 15.5. The van der Waals surface area contributed by atoms with Gasteiger partial charge in [-0.15, -0.1) is 0 Å². The molecule has 0 spiro atoms. The molecule has 2 aromatic rings. The van der Waals surface area contributed by atoms with Gasteiger partial charge in [-0.2, -0.15) is 5.10 Å². The summed E-state index contributed by atoms with van der Waals surface area (Å²) in [6.45, 7) is 0. The van der Waals surface area contributed by atoms with Crippen molar-refractivity contribution in [3.05, 3.63) is 45.0 Å². The molecule has 22 heavy (non-hydrogen) atoms. The molecule has 116 valence electrons. The first kappa shape index (κ1) is 15.0. The Hall–Kier alpha value is -1.89. The summed E-state index contributed by atoms with van der Waals surface area (Å²) in [5, 5.41) is 6.96. The van der Waals surface area contributed by atoms with Gasteiger partial charge in [-0.25, -0.2) is 0 Å². The highest BCUT2D eigenvalue weighted by atomic mass is 79.9. The van der Waals surface area contributed by atoms with E-state index in [0.717, 1.165) is 12.8 Å². The van der Waals surface area contributed by atoms with Gasteiger partial charge in [-0.3, -0.25) is 14.3 Å². The normalized spacial score (nSPS) is 15.7. The van der Waals surface area contributed by atoms with E-state index >= 15 is 0 Å². The molecular formula is C15H17BrN4O2. The van der Waals surface area contributed by atoms with Crippen molar-refractivity contribution in [2.75, 3.05) is 5.32 Å². The van der Waals surface area contributed by atoms with Crippen molar-refractivity contribution in [2.45, 2.75) is 38.1 Å². The number of hydrogen-bond donors (Lipinski definition) is 2. The molecule has 0 aliphatic heterocycles.